The van der Waals surface area contributed by atoms with Crippen molar-refractivity contribution in [3.8, 4) is 0 Å². The standard InChI is InChI=1S/C40H66O18/c1-18(14-41)24(44)29(49)32(56-34-30(50)27(47)25(45)21(15-42)54-34)33(52)58-40-11-7-23-37(3)8-5-9-38(4,20(13-37)6-10-39(23,17-40)12-19(40)2)36(53)57-35-31(51)28(48)26(46)22(16-43)55-35/h18,20-35,41-52H,2,5-17H2,1,3-4H3/t18-,20-,21?,22?,23+,24?,25-,26-,27?,28?,29?,30?,31?,32-,33+,34+,35+,37-,38-,39-,40+/m1/s1. The monoisotopic (exact) mass is 834 g/mol. The van der Waals surface area contributed by atoms with Crippen molar-refractivity contribution in [1.82, 2.24) is 0 Å². The third-order valence-electron chi connectivity index (χ3n) is 15.2. The number of hydrogen-bond acceptors (Lipinski definition) is 18. The summed E-state index contributed by atoms with van der Waals surface area (Å²) in [5.41, 5.74) is -2.00. The SMILES string of the molecule is C=C1C[C@@]23CC[C@@H]4C[C@@](C)(CCC[C@@]4(C)C(=O)O[C@@H]4OC(CO)[C@@H](O)C(O)C4O)[C@@H]2CC[C@]1(O[C@H](O)[C@H](O[C@@H]1OC(CO)[C@@H](O)C(O)C1O)C(O)C(O)[C@H](C)CO)C3. The van der Waals surface area contributed by atoms with E-state index in [0.717, 1.165) is 6.42 Å². The van der Waals surface area contributed by atoms with Gasteiger partial charge >= 0.3 is 5.97 Å². The van der Waals surface area contributed by atoms with Crippen LogP contribution in [0.3, 0.4) is 0 Å². The van der Waals surface area contributed by atoms with Gasteiger partial charge in [0.15, 0.2) is 12.6 Å². The minimum atomic E-state index is -1.98. The molecule has 8 unspecified atom stereocenters. The highest BCUT2D eigenvalue weighted by molar-refractivity contribution is 5.77. The third-order valence-corrected chi connectivity index (χ3v) is 15.2. The van der Waals surface area contributed by atoms with Crippen molar-refractivity contribution in [3.05, 3.63) is 12.2 Å². The van der Waals surface area contributed by atoms with E-state index in [1.54, 1.807) is 0 Å². The summed E-state index contributed by atoms with van der Waals surface area (Å²) in [6.07, 6.45) is -17.7. The molecule has 4 saturated carbocycles. The summed E-state index contributed by atoms with van der Waals surface area (Å²) in [6.45, 7) is 8.04. The van der Waals surface area contributed by atoms with Gasteiger partial charge in [0.2, 0.25) is 6.29 Å². The third kappa shape index (κ3) is 8.04. The Balaban J connectivity index is 1.22. The summed E-state index contributed by atoms with van der Waals surface area (Å²) in [7, 11) is 0. The fourth-order valence-corrected chi connectivity index (χ4v) is 11.6. The van der Waals surface area contributed by atoms with Gasteiger partial charge in [-0.05, 0) is 93.0 Å². The van der Waals surface area contributed by atoms with Gasteiger partial charge in [-0.25, -0.2) is 0 Å². The van der Waals surface area contributed by atoms with E-state index in [-0.39, 0.29) is 22.7 Å². The molecule has 2 saturated heterocycles. The smallest absolute Gasteiger partial charge is 0.314 e. The van der Waals surface area contributed by atoms with Crippen molar-refractivity contribution in [2.75, 3.05) is 19.8 Å². The second-order valence-electron chi connectivity index (χ2n) is 18.8. The fraction of sp³-hybridized carbons (Fsp3) is 0.925. The van der Waals surface area contributed by atoms with Crippen LogP contribution in [0.4, 0.5) is 0 Å². The maximum Gasteiger partial charge on any atom is 0.314 e. The molecule has 334 valence electrons. The molecule has 2 aliphatic heterocycles. The first-order valence-electron chi connectivity index (χ1n) is 20.7. The Morgan fingerprint density at radius 2 is 1.41 bits per heavy atom. The Hall–Kier alpha value is -1.43. The molecular formula is C40H66O18. The number of aliphatic hydroxyl groups excluding tert-OH is 12. The second-order valence-corrected chi connectivity index (χ2v) is 18.8. The number of rotatable bonds is 13. The van der Waals surface area contributed by atoms with Gasteiger partial charge in [0.1, 0.15) is 61.0 Å². The second kappa shape index (κ2) is 17.4. The predicted molar refractivity (Wildman–Crippen MR) is 198 cm³/mol. The summed E-state index contributed by atoms with van der Waals surface area (Å²) < 4.78 is 29.1. The van der Waals surface area contributed by atoms with Crippen molar-refractivity contribution in [1.29, 1.82) is 0 Å². The minimum Gasteiger partial charge on any atom is -0.432 e. The van der Waals surface area contributed by atoms with Crippen LogP contribution in [0.5, 0.6) is 0 Å². The van der Waals surface area contributed by atoms with Gasteiger partial charge in [-0.15, -0.1) is 0 Å². The molecule has 4 aliphatic carbocycles. The average molecular weight is 835 g/mol. The van der Waals surface area contributed by atoms with Crippen LogP contribution in [-0.2, 0) is 28.5 Å². The molecule has 0 aromatic heterocycles. The number of esters is 1. The van der Waals surface area contributed by atoms with Crippen molar-refractivity contribution in [2.45, 2.75) is 177 Å². The first-order valence-corrected chi connectivity index (χ1v) is 20.7. The minimum absolute atomic E-state index is 0.159. The molecule has 12 N–H and O–H groups in total. The summed E-state index contributed by atoms with van der Waals surface area (Å²) in [5, 5.41) is 126. The zero-order chi connectivity index (χ0) is 42.7. The first kappa shape index (κ1) is 46.1. The highest BCUT2D eigenvalue weighted by Gasteiger charge is 2.65. The van der Waals surface area contributed by atoms with Crippen LogP contribution in [0.1, 0.15) is 85.0 Å². The zero-order valence-corrected chi connectivity index (χ0v) is 33.5. The van der Waals surface area contributed by atoms with Gasteiger partial charge in [-0.1, -0.05) is 26.8 Å². The Kier molecular flexibility index (Phi) is 13.8. The molecule has 6 fully saturated rings. The van der Waals surface area contributed by atoms with E-state index < -0.39 is 129 Å². The van der Waals surface area contributed by atoms with Gasteiger partial charge in [0, 0.05) is 12.5 Å². The van der Waals surface area contributed by atoms with Crippen LogP contribution >= 0.6 is 0 Å². The molecule has 18 nitrogen and oxygen atoms in total. The van der Waals surface area contributed by atoms with Gasteiger partial charge in [-0.2, -0.15) is 0 Å². The number of carbonyl (C=O) groups excluding carboxylic acids is 1. The highest BCUT2D eigenvalue weighted by atomic mass is 16.7. The van der Waals surface area contributed by atoms with Crippen LogP contribution in [0.15, 0.2) is 12.2 Å². The number of hydrogen-bond donors (Lipinski definition) is 12. The van der Waals surface area contributed by atoms with Gasteiger partial charge in [0.25, 0.3) is 0 Å². The number of aliphatic hydroxyl groups is 12. The van der Waals surface area contributed by atoms with E-state index in [1.807, 2.05) is 6.92 Å². The number of ether oxygens (including phenoxy) is 5. The number of carbonyl (C=O) groups is 1. The largest absolute Gasteiger partial charge is 0.432 e. The molecule has 0 radical (unpaired) electrons. The highest BCUT2D eigenvalue weighted by Crippen LogP contribution is 2.70. The van der Waals surface area contributed by atoms with E-state index >= 15 is 0 Å². The molecule has 2 heterocycles. The molecule has 58 heavy (non-hydrogen) atoms. The average Bonchev–Trinajstić information content (AvgIpc) is 3.26. The van der Waals surface area contributed by atoms with Crippen molar-refractivity contribution in [2.24, 2.45) is 34.0 Å². The van der Waals surface area contributed by atoms with Crippen LogP contribution < -0.4 is 0 Å². The van der Waals surface area contributed by atoms with E-state index in [2.05, 4.69) is 13.5 Å². The van der Waals surface area contributed by atoms with E-state index in [0.29, 0.717) is 63.4 Å². The normalized spacial score (nSPS) is 48.2. The lowest BCUT2D eigenvalue weighted by Crippen LogP contribution is -2.62. The maximum absolute atomic E-state index is 14.1. The lowest BCUT2D eigenvalue weighted by atomic mass is 9.55. The zero-order valence-electron chi connectivity index (χ0n) is 33.5. The molecule has 0 aromatic rings. The van der Waals surface area contributed by atoms with Crippen molar-refractivity contribution < 1.29 is 89.8 Å². The van der Waals surface area contributed by atoms with Crippen LogP contribution in [0.2, 0.25) is 0 Å². The van der Waals surface area contributed by atoms with Crippen molar-refractivity contribution in [3.63, 3.8) is 0 Å². The van der Waals surface area contributed by atoms with Crippen LogP contribution in [0.25, 0.3) is 0 Å². The lowest BCUT2D eigenvalue weighted by molar-refractivity contribution is -0.348. The van der Waals surface area contributed by atoms with Crippen molar-refractivity contribution >= 4 is 5.97 Å². The molecule has 4 bridgehead atoms. The topological polar surface area (TPSA) is 306 Å². The summed E-state index contributed by atoms with van der Waals surface area (Å²) in [6, 6.07) is 0. The van der Waals surface area contributed by atoms with E-state index in [9.17, 15) is 66.1 Å². The van der Waals surface area contributed by atoms with Gasteiger partial charge in [0.05, 0.1) is 30.3 Å². The molecule has 6 rings (SSSR count). The van der Waals surface area contributed by atoms with Gasteiger partial charge in [-0.3, -0.25) is 4.79 Å². The summed E-state index contributed by atoms with van der Waals surface area (Å²) >= 11 is 0. The predicted octanol–water partition coefficient (Wildman–Crippen LogP) is -2.32. The molecule has 0 amide bonds. The van der Waals surface area contributed by atoms with E-state index in [1.165, 1.54) is 6.92 Å². The van der Waals surface area contributed by atoms with Gasteiger partial charge < -0.3 is 85.0 Å². The molecular weight excluding hydrogens is 768 g/mol. The molecule has 1 spiro atoms. The Labute approximate surface area is 338 Å². The molecule has 18 heteroatoms. The maximum atomic E-state index is 14.1. The summed E-state index contributed by atoms with van der Waals surface area (Å²) in [4.78, 5) is 14.1. The Bertz CT molecular complexity index is 1450. The van der Waals surface area contributed by atoms with E-state index in [4.69, 9.17) is 23.7 Å². The fourth-order valence-electron chi connectivity index (χ4n) is 11.6. The quantitative estimate of drug-likeness (QED) is 0.0527. The molecule has 21 atom stereocenters. The first-order chi connectivity index (χ1) is 27.2. The lowest BCUT2D eigenvalue weighted by Gasteiger charge is -2.52. The Morgan fingerprint density at radius 3 is 2.02 bits per heavy atom. The Morgan fingerprint density at radius 1 is 0.810 bits per heavy atom. The summed E-state index contributed by atoms with van der Waals surface area (Å²) in [5.74, 6) is -1.49. The molecule has 6 aliphatic rings. The number of fused-ring (bicyclic) bond motifs is 4. The van der Waals surface area contributed by atoms with Crippen LogP contribution in [-0.4, -0.2) is 179 Å². The van der Waals surface area contributed by atoms with Crippen LogP contribution in [0, 0.1) is 34.0 Å². The molecule has 0 aromatic carbocycles.